The minimum atomic E-state index is 1.04. The summed E-state index contributed by atoms with van der Waals surface area (Å²) < 4.78 is 0. The number of aryl methyl sites for hydroxylation is 2. The summed E-state index contributed by atoms with van der Waals surface area (Å²) in [4.78, 5) is 0. The second-order valence-electron chi connectivity index (χ2n) is 10.2. The van der Waals surface area contributed by atoms with Crippen molar-refractivity contribution in [2.24, 2.45) is 0 Å². The predicted molar refractivity (Wildman–Crippen MR) is 162 cm³/mol. The van der Waals surface area contributed by atoms with E-state index < -0.39 is 0 Å². The lowest BCUT2D eigenvalue weighted by Crippen LogP contribution is -1.91. The monoisotopic (exact) mass is 478 g/mol. The van der Waals surface area contributed by atoms with Gasteiger partial charge in [-0.2, -0.15) is 0 Å². The molecule has 0 N–H and O–H groups in total. The fraction of sp³-hybridized carbons (Fsp3) is 0.0526. The van der Waals surface area contributed by atoms with Gasteiger partial charge < -0.3 is 0 Å². The van der Waals surface area contributed by atoms with Gasteiger partial charge in [-0.15, -0.1) is 0 Å². The molecule has 0 heterocycles. The summed E-state index contributed by atoms with van der Waals surface area (Å²) >= 11 is 0. The van der Waals surface area contributed by atoms with Crippen molar-refractivity contribution in [3.05, 3.63) is 130 Å². The normalized spacial score (nSPS) is 11.5. The molecule has 0 amide bonds. The van der Waals surface area contributed by atoms with Crippen LogP contribution in [0.5, 0.6) is 0 Å². The van der Waals surface area contributed by atoms with Crippen molar-refractivity contribution in [3.63, 3.8) is 0 Å². The van der Waals surface area contributed by atoms with E-state index in [-0.39, 0.29) is 0 Å². The molecule has 0 saturated carbocycles. The molecule has 38 heavy (non-hydrogen) atoms. The van der Waals surface area contributed by atoms with Gasteiger partial charge in [0, 0.05) is 22.3 Å². The van der Waals surface area contributed by atoms with E-state index in [1.807, 2.05) is 36.4 Å². The third kappa shape index (κ3) is 2.78. The van der Waals surface area contributed by atoms with E-state index in [4.69, 9.17) is 0 Å². The molecule has 8 rings (SSSR count). The lowest BCUT2D eigenvalue weighted by molar-refractivity contribution is 1.51. The van der Waals surface area contributed by atoms with Crippen LogP contribution in [0.2, 0.25) is 0 Å². The maximum Gasteiger partial charge on any atom is 0.0363 e. The lowest BCUT2D eigenvalue weighted by atomic mass is 9.90. The van der Waals surface area contributed by atoms with Gasteiger partial charge in [0.2, 0.25) is 0 Å². The van der Waals surface area contributed by atoms with Gasteiger partial charge in [0.1, 0.15) is 0 Å². The van der Waals surface area contributed by atoms with Crippen molar-refractivity contribution >= 4 is 53.9 Å². The van der Waals surface area contributed by atoms with Crippen molar-refractivity contribution in [2.45, 2.75) is 13.8 Å². The van der Waals surface area contributed by atoms with Gasteiger partial charge in [-0.3, -0.25) is 0 Å². The largest absolute Gasteiger partial charge is 0.0622 e. The maximum atomic E-state index is 3.57. The summed E-state index contributed by atoms with van der Waals surface area (Å²) in [6.07, 6.45) is 0. The first kappa shape index (κ1) is 21.1. The topological polar surface area (TPSA) is 0 Å². The minimum absolute atomic E-state index is 1.04. The summed E-state index contributed by atoms with van der Waals surface area (Å²) in [7, 11) is 0. The molecule has 0 heteroatoms. The van der Waals surface area contributed by atoms with Crippen LogP contribution in [-0.4, -0.2) is 0 Å². The van der Waals surface area contributed by atoms with Crippen LogP contribution in [0.3, 0.4) is 0 Å². The number of hydrogen-bond donors (Lipinski definition) is 0. The first-order valence-electron chi connectivity index (χ1n) is 13.1. The molecule has 174 valence electrons. The molecule has 0 aliphatic heterocycles. The first-order chi connectivity index (χ1) is 18.7. The number of benzene rings is 7. The van der Waals surface area contributed by atoms with E-state index in [1.54, 1.807) is 0 Å². The molecule has 8 aromatic rings. The van der Waals surface area contributed by atoms with E-state index >= 15 is 0 Å². The summed E-state index contributed by atoms with van der Waals surface area (Å²) in [5.41, 5.74) is 6.84. The highest BCUT2D eigenvalue weighted by Crippen LogP contribution is 2.51. The third-order valence-corrected chi connectivity index (χ3v) is 8.20. The Morgan fingerprint density at radius 1 is 0.368 bits per heavy atom. The second-order valence-corrected chi connectivity index (χ2v) is 10.2. The lowest BCUT2D eigenvalue weighted by Gasteiger charge is -2.13. The van der Waals surface area contributed by atoms with Crippen LogP contribution >= 0.6 is 0 Å². The van der Waals surface area contributed by atoms with Crippen molar-refractivity contribution in [1.29, 1.82) is 0 Å². The molecule has 0 aliphatic rings. The molecule has 0 atom stereocenters. The van der Waals surface area contributed by atoms with E-state index in [2.05, 4.69) is 98.2 Å². The van der Waals surface area contributed by atoms with Crippen LogP contribution in [0, 0.1) is 37.5 Å². The quantitative estimate of drug-likeness (QED) is 0.151. The Labute approximate surface area is 221 Å². The standard InChI is InChI=1S/C38H22/c1-23-28(17-13-25-9-5-3-6-10-25)32-19-15-27-16-20-33-29(18-14-26-11-7-4-8-12-26)24(2)31-22-21-30(23)35-36(31)38(33)34(27)37(32)35/h3-12,15-16,19-22H,1-2H3. The van der Waals surface area contributed by atoms with Crippen LogP contribution in [0.15, 0.2) is 97.1 Å². The van der Waals surface area contributed by atoms with Gasteiger partial charge in [-0.05, 0) is 103 Å². The van der Waals surface area contributed by atoms with Gasteiger partial charge in [0.15, 0.2) is 0 Å². The molecule has 0 nitrogen and oxygen atoms in total. The highest BCUT2D eigenvalue weighted by Gasteiger charge is 2.25. The van der Waals surface area contributed by atoms with E-state index in [1.165, 1.54) is 65.0 Å². The first-order valence-corrected chi connectivity index (χ1v) is 13.1. The molecule has 0 unspecified atom stereocenters. The molecule has 8 aromatic carbocycles. The molecule has 0 aromatic heterocycles. The molecule has 0 saturated heterocycles. The predicted octanol–water partition coefficient (Wildman–Crippen LogP) is 9.18. The Morgan fingerprint density at radius 3 is 1.21 bits per heavy atom. The highest BCUT2D eigenvalue weighted by atomic mass is 14.3. The average Bonchev–Trinajstić information content (AvgIpc) is 3.32. The summed E-state index contributed by atoms with van der Waals surface area (Å²) in [5.74, 6) is 14.0. The zero-order valence-corrected chi connectivity index (χ0v) is 21.2. The van der Waals surface area contributed by atoms with Gasteiger partial charge in [-0.1, -0.05) is 96.5 Å². The molecule has 0 fully saturated rings. The molecule has 0 radical (unpaired) electrons. The van der Waals surface area contributed by atoms with E-state index in [0.29, 0.717) is 0 Å². The van der Waals surface area contributed by atoms with Crippen LogP contribution in [0.25, 0.3) is 53.9 Å². The van der Waals surface area contributed by atoms with Crippen molar-refractivity contribution < 1.29 is 0 Å². The zero-order valence-electron chi connectivity index (χ0n) is 21.2. The van der Waals surface area contributed by atoms with Crippen LogP contribution in [-0.2, 0) is 0 Å². The fourth-order valence-corrected chi connectivity index (χ4v) is 6.41. The highest BCUT2D eigenvalue weighted by molar-refractivity contribution is 6.45. The SMILES string of the molecule is Cc1c(C#Cc2ccccc2)c2ccc3ccc4c(C#Cc5ccccc5)c(C)c5ccc1c1c2c3c4c51. The van der Waals surface area contributed by atoms with Crippen LogP contribution < -0.4 is 0 Å². The van der Waals surface area contributed by atoms with Gasteiger partial charge in [-0.25, -0.2) is 0 Å². The van der Waals surface area contributed by atoms with E-state index in [9.17, 15) is 0 Å². The Hall–Kier alpha value is -5.04. The number of rotatable bonds is 0. The minimum Gasteiger partial charge on any atom is -0.0622 e. The molecule has 0 spiro atoms. The Balaban J connectivity index is 1.52. The fourth-order valence-electron chi connectivity index (χ4n) is 6.41. The Bertz CT molecular complexity index is 2120. The van der Waals surface area contributed by atoms with Crippen molar-refractivity contribution in [1.82, 2.24) is 0 Å². The number of hydrogen-bond acceptors (Lipinski definition) is 0. The molecule has 0 aliphatic carbocycles. The van der Waals surface area contributed by atoms with Gasteiger partial charge in [0.05, 0.1) is 0 Å². The smallest absolute Gasteiger partial charge is 0.0363 e. The summed E-state index contributed by atoms with van der Waals surface area (Å²) in [6.45, 7) is 4.46. The van der Waals surface area contributed by atoms with Gasteiger partial charge >= 0.3 is 0 Å². The second kappa shape index (κ2) is 7.73. The van der Waals surface area contributed by atoms with Crippen molar-refractivity contribution in [2.75, 3.05) is 0 Å². The summed E-state index contributed by atoms with van der Waals surface area (Å²) in [6, 6.07) is 34.2. The third-order valence-electron chi connectivity index (χ3n) is 8.20. The van der Waals surface area contributed by atoms with Gasteiger partial charge in [0.25, 0.3) is 0 Å². The van der Waals surface area contributed by atoms with Crippen LogP contribution in [0.1, 0.15) is 33.4 Å². The molecular formula is C38H22. The maximum absolute atomic E-state index is 3.57. The zero-order chi connectivity index (χ0) is 25.4. The van der Waals surface area contributed by atoms with Crippen molar-refractivity contribution in [3.8, 4) is 23.7 Å². The van der Waals surface area contributed by atoms with Crippen LogP contribution in [0.4, 0.5) is 0 Å². The Morgan fingerprint density at radius 2 is 0.763 bits per heavy atom. The Kier molecular flexibility index (Phi) is 4.29. The average molecular weight is 479 g/mol. The summed E-state index contributed by atoms with van der Waals surface area (Å²) in [5, 5.41) is 13.2. The molecule has 0 bridgehead atoms. The molecular weight excluding hydrogens is 456 g/mol. The van der Waals surface area contributed by atoms with E-state index in [0.717, 1.165) is 22.3 Å².